The van der Waals surface area contributed by atoms with Crippen LogP contribution in [-0.2, 0) is 0 Å². The minimum Gasteiger partial charge on any atom is -0.427 e. The third kappa shape index (κ3) is 1.44. The largest absolute Gasteiger partial charge is 0.453 e. The number of rotatable bonds is 2. The highest BCUT2D eigenvalue weighted by molar-refractivity contribution is 6.41. The van der Waals surface area contributed by atoms with Gasteiger partial charge >= 0.3 is 7.12 Å². The summed E-state index contributed by atoms with van der Waals surface area (Å²) < 4.78 is 0. The van der Waals surface area contributed by atoms with Gasteiger partial charge < -0.3 is 10.0 Å². The molecule has 1 aliphatic carbocycles. The SMILES string of the molecule is N#CC1(CB(O)O)CC1. The van der Waals surface area contributed by atoms with Gasteiger partial charge in [-0.15, -0.1) is 0 Å². The molecular weight excluding hydrogens is 117 g/mol. The van der Waals surface area contributed by atoms with Gasteiger partial charge in [-0.05, 0) is 12.8 Å². The molecule has 0 unspecified atom stereocenters. The van der Waals surface area contributed by atoms with E-state index in [9.17, 15) is 0 Å². The van der Waals surface area contributed by atoms with E-state index in [1.165, 1.54) is 0 Å². The Morgan fingerprint density at radius 3 is 2.22 bits per heavy atom. The first-order chi connectivity index (χ1) is 4.18. The van der Waals surface area contributed by atoms with Gasteiger partial charge in [0.1, 0.15) is 0 Å². The van der Waals surface area contributed by atoms with Crippen molar-refractivity contribution in [1.82, 2.24) is 0 Å². The number of nitriles is 1. The second-order valence-electron chi connectivity index (χ2n) is 2.58. The zero-order valence-electron chi connectivity index (χ0n) is 5.04. The van der Waals surface area contributed by atoms with Gasteiger partial charge in [-0.3, -0.25) is 0 Å². The number of hydrogen-bond donors (Lipinski definition) is 2. The lowest BCUT2D eigenvalue weighted by molar-refractivity contribution is 0.394. The second-order valence-corrected chi connectivity index (χ2v) is 2.58. The van der Waals surface area contributed by atoms with E-state index in [2.05, 4.69) is 6.07 Å². The van der Waals surface area contributed by atoms with Crippen molar-refractivity contribution in [3.63, 3.8) is 0 Å². The number of hydrogen-bond acceptors (Lipinski definition) is 3. The maximum Gasteiger partial charge on any atom is 0.453 e. The van der Waals surface area contributed by atoms with Crippen LogP contribution in [0.25, 0.3) is 0 Å². The number of nitrogens with zero attached hydrogens (tertiary/aromatic N) is 1. The fourth-order valence-electron chi connectivity index (χ4n) is 0.862. The molecule has 2 N–H and O–H groups in total. The molecule has 3 nitrogen and oxygen atoms in total. The van der Waals surface area contributed by atoms with Crippen molar-refractivity contribution in [2.45, 2.75) is 19.2 Å². The summed E-state index contributed by atoms with van der Waals surface area (Å²) in [5.41, 5.74) is -0.381. The fraction of sp³-hybridized carbons (Fsp3) is 0.800. The van der Waals surface area contributed by atoms with Crippen molar-refractivity contribution in [2.75, 3.05) is 0 Å². The Bertz CT molecular complexity index is 148. The van der Waals surface area contributed by atoms with Crippen molar-refractivity contribution >= 4 is 7.12 Å². The van der Waals surface area contributed by atoms with Gasteiger partial charge in [-0.25, -0.2) is 0 Å². The minimum absolute atomic E-state index is 0.212. The average Bonchev–Trinajstić information content (AvgIpc) is 2.48. The van der Waals surface area contributed by atoms with Crippen LogP contribution in [0.5, 0.6) is 0 Å². The predicted octanol–water partition coefficient (Wildman–Crippen LogP) is -0.237. The summed E-state index contributed by atoms with van der Waals surface area (Å²) in [6, 6.07) is 2.06. The summed E-state index contributed by atoms with van der Waals surface area (Å²) in [5, 5.41) is 25.4. The van der Waals surface area contributed by atoms with Crippen LogP contribution in [0.1, 0.15) is 12.8 Å². The molecule has 0 aromatic rings. The first-order valence-corrected chi connectivity index (χ1v) is 2.96. The Balaban J connectivity index is 2.36. The standard InChI is InChI=1S/C5H8BNO2/c7-4-5(1-2-5)3-6(8)9/h8-9H,1-3H2. The van der Waals surface area contributed by atoms with Gasteiger partial charge in [0.2, 0.25) is 0 Å². The zero-order chi connectivity index (χ0) is 6.91. The van der Waals surface area contributed by atoms with Crippen LogP contribution in [0.15, 0.2) is 0 Å². The lowest BCUT2D eigenvalue weighted by Crippen LogP contribution is -2.16. The fourth-order valence-corrected chi connectivity index (χ4v) is 0.862. The van der Waals surface area contributed by atoms with Crippen molar-refractivity contribution in [2.24, 2.45) is 5.41 Å². The molecule has 1 aliphatic rings. The molecular formula is C5H8BNO2. The minimum atomic E-state index is -1.31. The van der Waals surface area contributed by atoms with E-state index >= 15 is 0 Å². The summed E-state index contributed by atoms with van der Waals surface area (Å²) in [7, 11) is -1.31. The van der Waals surface area contributed by atoms with Crippen LogP contribution in [0.4, 0.5) is 0 Å². The Hall–Kier alpha value is -0.525. The highest BCUT2D eigenvalue weighted by Crippen LogP contribution is 2.48. The van der Waals surface area contributed by atoms with Crippen LogP contribution >= 0.6 is 0 Å². The Morgan fingerprint density at radius 1 is 1.56 bits per heavy atom. The average molecular weight is 125 g/mol. The maximum absolute atomic E-state index is 8.46. The molecule has 0 amide bonds. The molecule has 0 aromatic heterocycles. The Kier molecular flexibility index (Phi) is 1.48. The van der Waals surface area contributed by atoms with E-state index in [0.717, 1.165) is 12.8 Å². The van der Waals surface area contributed by atoms with Gasteiger partial charge in [-0.1, -0.05) is 0 Å². The van der Waals surface area contributed by atoms with Gasteiger partial charge in [0.25, 0.3) is 0 Å². The van der Waals surface area contributed by atoms with Gasteiger partial charge in [0, 0.05) is 6.32 Å². The molecule has 0 spiro atoms. The van der Waals surface area contributed by atoms with Crippen LogP contribution < -0.4 is 0 Å². The van der Waals surface area contributed by atoms with Gasteiger partial charge in [-0.2, -0.15) is 5.26 Å². The summed E-state index contributed by atoms with van der Waals surface area (Å²) in [5.74, 6) is 0. The van der Waals surface area contributed by atoms with E-state index < -0.39 is 7.12 Å². The van der Waals surface area contributed by atoms with E-state index in [0.29, 0.717) is 0 Å². The smallest absolute Gasteiger partial charge is 0.427 e. The topological polar surface area (TPSA) is 64.2 Å². The molecule has 9 heavy (non-hydrogen) atoms. The summed E-state index contributed by atoms with van der Waals surface area (Å²) in [6.07, 6.45) is 1.85. The molecule has 0 bridgehead atoms. The van der Waals surface area contributed by atoms with Crippen molar-refractivity contribution in [1.29, 1.82) is 5.26 Å². The van der Waals surface area contributed by atoms with E-state index in [1.54, 1.807) is 0 Å². The molecule has 48 valence electrons. The molecule has 0 aliphatic heterocycles. The summed E-state index contributed by atoms with van der Waals surface area (Å²) in [6.45, 7) is 0. The van der Waals surface area contributed by atoms with Crippen LogP contribution in [0.2, 0.25) is 6.32 Å². The van der Waals surface area contributed by atoms with Crippen molar-refractivity contribution in [3.05, 3.63) is 0 Å². The third-order valence-corrected chi connectivity index (χ3v) is 1.66. The highest BCUT2D eigenvalue weighted by atomic mass is 16.4. The second kappa shape index (κ2) is 2.01. The third-order valence-electron chi connectivity index (χ3n) is 1.66. The highest BCUT2D eigenvalue weighted by Gasteiger charge is 2.45. The molecule has 4 heteroatoms. The Morgan fingerprint density at radius 2 is 2.11 bits per heavy atom. The maximum atomic E-state index is 8.46. The molecule has 0 aromatic carbocycles. The van der Waals surface area contributed by atoms with Crippen LogP contribution in [-0.4, -0.2) is 17.2 Å². The molecule has 0 atom stereocenters. The van der Waals surface area contributed by atoms with Gasteiger partial charge in [0.15, 0.2) is 0 Å². The van der Waals surface area contributed by atoms with Crippen LogP contribution in [0.3, 0.4) is 0 Å². The quantitative estimate of drug-likeness (QED) is 0.500. The predicted molar refractivity (Wildman–Crippen MR) is 32.3 cm³/mol. The zero-order valence-corrected chi connectivity index (χ0v) is 5.04. The molecule has 0 saturated heterocycles. The Labute approximate surface area is 54.1 Å². The lowest BCUT2D eigenvalue weighted by Gasteiger charge is -2.00. The van der Waals surface area contributed by atoms with E-state index in [1.807, 2.05) is 0 Å². The van der Waals surface area contributed by atoms with Gasteiger partial charge in [0.05, 0.1) is 11.5 Å². The molecule has 0 radical (unpaired) electrons. The normalized spacial score (nSPS) is 20.6. The van der Waals surface area contributed by atoms with E-state index in [4.69, 9.17) is 15.3 Å². The monoisotopic (exact) mass is 125 g/mol. The first kappa shape index (κ1) is 6.59. The molecule has 1 rings (SSSR count). The molecule has 1 saturated carbocycles. The van der Waals surface area contributed by atoms with Crippen LogP contribution in [0, 0.1) is 16.7 Å². The van der Waals surface area contributed by atoms with Crippen molar-refractivity contribution < 1.29 is 10.0 Å². The van der Waals surface area contributed by atoms with Crippen molar-refractivity contribution in [3.8, 4) is 6.07 Å². The summed E-state index contributed by atoms with van der Waals surface area (Å²) >= 11 is 0. The molecule has 0 heterocycles. The summed E-state index contributed by atoms with van der Waals surface area (Å²) in [4.78, 5) is 0. The lowest BCUT2D eigenvalue weighted by atomic mass is 9.77. The molecule has 1 fully saturated rings. The van der Waals surface area contributed by atoms with E-state index in [-0.39, 0.29) is 11.7 Å². The first-order valence-electron chi connectivity index (χ1n) is 2.96.